The Labute approximate surface area is 99.6 Å². The summed E-state index contributed by atoms with van der Waals surface area (Å²) >= 11 is 0. The lowest BCUT2D eigenvalue weighted by Crippen LogP contribution is -2.37. The minimum absolute atomic E-state index is 0.0284. The molecule has 0 aliphatic carbocycles. The molecule has 1 amide bonds. The smallest absolute Gasteiger partial charge is 0.224 e. The topological polar surface area (TPSA) is 58.4 Å². The predicted molar refractivity (Wildman–Crippen MR) is 68.2 cm³/mol. The van der Waals surface area contributed by atoms with Crippen molar-refractivity contribution in [2.45, 2.75) is 26.7 Å². The van der Waals surface area contributed by atoms with Crippen molar-refractivity contribution in [1.29, 1.82) is 0 Å². The zero-order chi connectivity index (χ0) is 12.6. The molecule has 0 aliphatic heterocycles. The zero-order valence-electron chi connectivity index (χ0n) is 11.1. The molecule has 0 saturated carbocycles. The molecule has 0 aromatic heterocycles. The fourth-order valence-corrected chi connectivity index (χ4v) is 1.63. The van der Waals surface area contributed by atoms with E-state index in [1.54, 1.807) is 0 Å². The lowest BCUT2D eigenvalue weighted by Gasteiger charge is -2.17. The van der Waals surface area contributed by atoms with Gasteiger partial charge in [-0.2, -0.15) is 0 Å². The van der Waals surface area contributed by atoms with Crippen LogP contribution in [0.15, 0.2) is 0 Å². The van der Waals surface area contributed by atoms with Crippen LogP contribution in [0, 0.1) is 11.8 Å². The van der Waals surface area contributed by atoms with Gasteiger partial charge in [-0.25, -0.2) is 0 Å². The van der Waals surface area contributed by atoms with Gasteiger partial charge in [0.15, 0.2) is 0 Å². The highest BCUT2D eigenvalue weighted by Gasteiger charge is 2.17. The van der Waals surface area contributed by atoms with Crippen LogP contribution in [0.1, 0.15) is 26.7 Å². The van der Waals surface area contributed by atoms with Crippen molar-refractivity contribution in [3.63, 3.8) is 0 Å². The molecule has 0 fully saturated rings. The SMILES string of the molecule is CC(C)CC(CN)C(=O)NCCCN(C)C. The van der Waals surface area contributed by atoms with Gasteiger partial charge in [0.05, 0.1) is 5.92 Å². The van der Waals surface area contributed by atoms with E-state index in [2.05, 4.69) is 24.1 Å². The largest absolute Gasteiger partial charge is 0.356 e. The number of nitrogens with two attached hydrogens (primary N) is 1. The van der Waals surface area contributed by atoms with E-state index in [1.807, 2.05) is 14.1 Å². The highest BCUT2D eigenvalue weighted by atomic mass is 16.1. The van der Waals surface area contributed by atoms with Crippen LogP contribution in [0.3, 0.4) is 0 Å². The maximum absolute atomic E-state index is 11.7. The Hall–Kier alpha value is -0.610. The van der Waals surface area contributed by atoms with Gasteiger partial charge in [0.1, 0.15) is 0 Å². The monoisotopic (exact) mass is 229 g/mol. The first-order valence-electron chi connectivity index (χ1n) is 6.09. The number of hydrogen-bond acceptors (Lipinski definition) is 3. The molecule has 0 radical (unpaired) electrons. The molecule has 0 aromatic carbocycles. The Kier molecular flexibility index (Phi) is 8.21. The molecule has 4 nitrogen and oxygen atoms in total. The molecular formula is C12H27N3O. The van der Waals surface area contributed by atoms with Crippen LogP contribution >= 0.6 is 0 Å². The molecule has 0 heterocycles. The molecule has 0 aromatic rings. The fourth-order valence-electron chi connectivity index (χ4n) is 1.63. The molecule has 0 spiro atoms. The van der Waals surface area contributed by atoms with Crippen LogP contribution in [-0.4, -0.2) is 44.5 Å². The molecule has 0 rings (SSSR count). The van der Waals surface area contributed by atoms with Gasteiger partial charge in [0.2, 0.25) is 5.91 Å². The summed E-state index contributed by atoms with van der Waals surface area (Å²) < 4.78 is 0. The normalized spacial score (nSPS) is 13.2. The number of amides is 1. The van der Waals surface area contributed by atoms with Gasteiger partial charge in [-0.15, -0.1) is 0 Å². The van der Waals surface area contributed by atoms with Crippen LogP contribution in [0.4, 0.5) is 0 Å². The van der Waals surface area contributed by atoms with Crippen LogP contribution in [-0.2, 0) is 4.79 Å². The third-order valence-corrected chi connectivity index (χ3v) is 2.49. The number of hydrogen-bond donors (Lipinski definition) is 2. The molecule has 0 saturated heterocycles. The van der Waals surface area contributed by atoms with Crippen LogP contribution in [0.25, 0.3) is 0 Å². The van der Waals surface area contributed by atoms with Crippen LogP contribution in [0.2, 0.25) is 0 Å². The van der Waals surface area contributed by atoms with E-state index in [1.165, 1.54) is 0 Å². The fraction of sp³-hybridized carbons (Fsp3) is 0.917. The van der Waals surface area contributed by atoms with Crippen molar-refractivity contribution in [2.75, 3.05) is 33.7 Å². The first-order valence-corrected chi connectivity index (χ1v) is 6.09. The molecule has 4 heteroatoms. The number of carbonyl (C=O) groups excluding carboxylic acids is 1. The minimum Gasteiger partial charge on any atom is -0.356 e. The molecule has 1 atom stereocenters. The zero-order valence-corrected chi connectivity index (χ0v) is 11.1. The van der Waals surface area contributed by atoms with Gasteiger partial charge in [0.25, 0.3) is 0 Å². The number of rotatable bonds is 8. The van der Waals surface area contributed by atoms with E-state index >= 15 is 0 Å². The van der Waals surface area contributed by atoms with Crippen molar-refractivity contribution in [1.82, 2.24) is 10.2 Å². The van der Waals surface area contributed by atoms with E-state index < -0.39 is 0 Å². The van der Waals surface area contributed by atoms with Gasteiger partial charge in [-0.3, -0.25) is 4.79 Å². The summed E-state index contributed by atoms with van der Waals surface area (Å²) in [6, 6.07) is 0. The number of nitrogens with zero attached hydrogens (tertiary/aromatic N) is 1. The highest BCUT2D eigenvalue weighted by molar-refractivity contribution is 5.78. The maximum Gasteiger partial charge on any atom is 0.224 e. The summed E-state index contributed by atoms with van der Waals surface area (Å²) in [5.41, 5.74) is 5.61. The van der Waals surface area contributed by atoms with E-state index in [0.717, 1.165) is 25.9 Å². The molecule has 96 valence electrons. The standard InChI is InChI=1S/C12H27N3O/c1-10(2)8-11(9-13)12(16)14-6-5-7-15(3)4/h10-11H,5-9,13H2,1-4H3,(H,14,16). The van der Waals surface area contributed by atoms with Gasteiger partial charge < -0.3 is 16.0 Å². The lowest BCUT2D eigenvalue weighted by molar-refractivity contribution is -0.125. The molecule has 0 aliphatic rings. The summed E-state index contributed by atoms with van der Waals surface area (Å²) in [6.07, 6.45) is 1.85. The van der Waals surface area contributed by atoms with E-state index in [0.29, 0.717) is 12.5 Å². The van der Waals surface area contributed by atoms with Gasteiger partial charge >= 0.3 is 0 Å². The van der Waals surface area contributed by atoms with Gasteiger partial charge in [0, 0.05) is 13.1 Å². The summed E-state index contributed by atoms with van der Waals surface area (Å²) in [7, 11) is 4.06. The highest BCUT2D eigenvalue weighted by Crippen LogP contribution is 2.10. The van der Waals surface area contributed by atoms with Crippen molar-refractivity contribution in [3.8, 4) is 0 Å². The Balaban J connectivity index is 3.75. The summed E-state index contributed by atoms with van der Waals surface area (Å²) in [5.74, 6) is 0.593. The second-order valence-corrected chi connectivity index (χ2v) is 5.01. The summed E-state index contributed by atoms with van der Waals surface area (Å²) in [5, 5.41) is 2.95. The number of carbonyl (C=O) groups is 1. The Morgan fingerprint density at radius 3 is 2.44 bits per heavy atom. The van der Waals surface area contributed by atoms with Crippen molar-refractivity contribution < 1.29 is 4.79 Å². The minimum atomic E-state index is -0.0284. The Morgan fingerprint density at radius 1 is 1.38 bits per heavy atom. The lowest BCUT2D eigenvalue weighted by atomic mass is 9.96. The van der Waals surface area contributed by atoms with Crippen LogP contribution < -0.4 is 11.1 Å². The number of nitrogens with one attached hydrogen (secondary N) is 1. The van der Waals surface area contributed by atoms with Crippen molar-refractivity contribution in [3.05, 3.63) is 0 Å². The van der Waals surface area contributed by atoms with E-state index in [4.69, 9.17) is 5.73 Å². The third kappa shape index (κ3) is 7.65. The quantitative estimate of drug-likeness (QED) is 0.602. The van der Waals surface area contributed by atoms with E-state index in [9.17, 15) is 4.79 Å². The predicted octanol–water partition coefficient (Wildman–Crippen LogP) is 0.675. The van der Waals surface area contributed by atoms with Crippen LogP contribution in [0.5, 0.6) is 0 Å². The van der Waals surface area contributed by atoms with Gasteiger partial charge in [-0.05, 0) is 39.4 Å². The van der Waals surface area contributed by atoms with Gasteiger partial charge in [-0.1, -0.05) is 13.8 Å². The van der Waals surface area contributed by atoms with E-state index in [-0.39, 0.29) is 11.8 Å². The molecular weight excluding hydrogens is 202 g/mol. The Morgan fingerprint density at radius 2 is 2.00 bits per heavy atom. The molecule has 3 N–H and O–H groups in total. The molecule has 0 bridgehead atoms. The first kappa shape index (κ1) is 15.4. The molecule has 1 unspecified atom stereocenters. The third-order valence-electron chi connectivity index (χ3n) is 2.49. The van der Waals surface area contributed by atoms with Crippen molar-refractivity contribution >= 4 is 5.91 Å². The maximum atomic E-state index is 11.7. The summed E-state index contributed by atoms with van der Waals surface area (Å²) in [6.45, 7) is 6.41. The average Bonchev–Trinajstić information content (AvgIpc) is 2.20. The Bertz CT molecular complexity index is 193. The first-order chi connectivity index (χ1) is 7.47. The van der Waals surface area contributed by atoms with Crippen molar-refractivity contribution in [2.24, 2.45) is 17.6 Å². The average molecular weight is 229 g/mol. The molecule has 16 heavy (non-hydrogen) atoms. The second-order valence-electron chi connectivity index (χ2n) is 5.01. The second kappa shape index (κ2) is 8.53. The summed E-state index contributed by atoms with van der Waals surface area (Å²) in [4.78, 5) is 13.9.